The highest BCUT2D eigenvalue weighted by Gasteiger charge is 2.17. The predicted octanol–water partition coefficient (Wildman–Crippen LogP) is 0.753. The summed E-state index contributed by atoms with van der Waals surface area (Å²) < 4.78 is 2.09. The predicted molar refractivity (Wildman–Crippen MR) is 41.3 cm³/mol. The van der Waals surface area contributed by atoms with Gasteiger partial charge in [-0.25, -0.2) is 4.98 Å². The highest BCUT2D eigenvalue weighted by Crippen LogP contribution is 2.23. The van der Waals surface area contributed by atoms with Crippen molar-refractivity contribution in [1.82, 2.24) is 9.55 Å². The molecule has 0 fully saturated rings. The lowest BCUT2D eigenvalue weighted by Gasteiger charge is -2.23. The average Bonchev–Trinajstić information content (AvgIpc) is 2.50. The molecule has 2 heterocycles. The first-order valence-corrected chi connectivity index (χ1v) is 4.03. The van der Waals surface area contributed by atoms with Crippen molar-refractivity contribution in [1.29, 1.82) is 0 Å². The Morgan fingerprint density at radius 1 is 1.73 bits per heavy atom. The Morgan fingerprint density at radius 2 is 2.64 bits per heavy atom. The van der Waals surface area contributed by atoms with Crippen LogP contribution in [0.3, 0.4) is 0 Å². The topological polar surface area (TPSA) is 38.1 Å². The van der Waals surface area contributed by atoms with Gasteiger partial charge in [0, 0.05) is 11.9 Å². The standard InChI is InChI=1S/C8H12N2O/c11-5-8-3-1-2-7-4-9-6-10(7)8/h4,6,8,11H,1-3,5H2. The third-order valence-corrected chi connectivity index (χ3v) is 2.32. The van der Waals surface area contributed by atoms with E-state index >= 15 is 0 Å². The van der Waals surface area contributed by atoms with E-state index in [4.69, 9.17) is 5.11 Å². The Kier molecular flexibility index (Phi) is 1.66. The molecule has 1 aromatic rings. The van der Waals surface area contributed by atoms with Crippen LogP contribution in [0.5, 0.6) is 0 Å². The van der Waals surface area contributed by atoms with Crippen LogP contribution in [0.1, 0.15) is 24.6 Å². The monoisotopic (exact) mass is 152 g/mol. The van der Waals surface area contributed by atoms with Crippen LogP contribution >= 0.6 is 0 Å². The first-order valence-electron chi connectivity index (χ1n) is 4.03. The summed E-state index contributed by atoms with van der Waals surface area (Å²) in [5.41, 5.74) is 1.26. The van der Waals surface area contributed by atoms with Gasteiger partial charge in [0.25, 0.3) is 0 Å². The molecule has 1 unspecified atom stereocenters. The number of rotatable bonds is 1. The molecule has 0 amide bonds. The van der Waals surface area contributed by atoms with Gasteiger partial charge in [-0.05, 0) is 19.3 Å². The van der Waals surface area contributed by atoms with Crippen molar-refractivity contribution in [3.63, 3.8) is 0 Å². The summed E-state index contributed by atoms with van der Waals surface area (Å²) in [5, 5.41) is 9.01. The molecule has 1 N–H and O–H groups in total. The minimum absolute atomic E-state index is 0.239. The lowest BCUT2D eigenvalue weighted by Crippen LogP contribution is -2.19. The Morgan fingerprint density at radius 3 is 3.45 bits per heavy atom. The van der Waals surface area contributed by atoms with Gasteiger partial charge in [-0.15, -0.1) is 0 Å². The van der Waals surface area contributed by atoms with E-state index in [1.54, 1.807) is 0 Å². The summed E-state index contributed by atoms with van der Waals surface area (Å²) in [7, 11) is 0. The number of aliphatic hydroxyl groups is 1. The molecule has 3 nitrogen and oxygen atoms in total. The van der Waals surface area contributed by atoms with Crippen LogP contribution in [0.2, 0.25) is 0 Å². The highest BCUT2D eigenvalue weighted by atomic mass is 16.3. The second-order valence-corrected chi connectivity index (χ2v) is 3.02. The zero-order valence-corrected chi connectivity index (χ0v) is 6.40. The Hall–Kier alpha value is -0.830. The minimum atomic E-state index is 0.239. The van der Waals surface area contributed by atoms with E-state index < -0.39 is 0 Å². The normalized spacial score (nSPS) is 23.2. The number of aromatic nitrogens is 2. The van der Waals surface area contributed by atoms with E-state index in [-0.39, 0.29) is 12.6 Å². The smallest absolute Gasteiger partial charge is 0.0951 e. The molecule has 0 radical (unpaired) electrons. The van der Waals surface area contributed by atoms with Crippen LogP contribution in [0, 0.1) is 0 Å². The third kappa shape index (κ3) is 1.05. The molecule has 1 aliphatic rings. The van der Waals surface area contributed by atoms with E-state index in [0.717, 1.165) is 12.8 Å². The van der Waals surface area contributed by atoms with Crippen LogP contribution in [-0.2, 0) is 6.42 Å². The molecule has 0 aliphatic carbocycles. The summed E-state index contributed by atoms with van der Waals surface area (Å²) in [4.78, 5) is 4.05. The molecule has 0 aromatic carbocycles. The zero-order chi connectivity index (χ0) is 7.68. The largest absolute Gasteiger partial charge is 0.394 e. The highest BCUT2D eigenvalue weighted by molar-refractivity contribution is 5.03. The Bertz CT molecular complexity index is 244. The molecule has 0 saturated carbocycles. The molecule has 3 heteroatoms. The Labute approximate surface area is 65.7 Å². The maximum absolute atomic E-state index is 9.01. The van der Waals surface area contributed by atoms with Crippen molar-refractivity contribution < 1.29 is 5.11 Å². The lowest BCUT2D eigenvalue weighted by atomic mass is 10.0. The van der Waals surface area contributed by atoms with Gasteiger partial charge in [-0.1, -0.05) is 0 Å². The molecule has 1 aromatic heterocycles. The summed E-state index contributed by atoms with van der Waals surface area (Å²) in [6.07, 6.45) is 7.07. The van der Waals surface area contributed by atoms with Gasteiger partial charge in [0.2, 0.25) is 0 Å². The second-order valence-electron chi connectivity index (χ2n) is 3.02. The molecule has 1 aliphatic heterocycles. The van der Waals surface area contributed by atoms with Crippen molar-refractivity contribution in [2.45, 2.75) is 25.3 Å². The average molecular weight is 152 g/mol. The summed E-state index contributed by atoms with van der Waals surface area (Å²) in [5.74, 6) is 0. The summed E-state index contributed by atoms with van der Waals surface area (Å²) in [6, 6.07) is 0.279. The lowest BCUT2D eigenvalue weighted by molar-refractivity contribution is 0.207. The maximum Gasteiger partial charge on any atom is 0.0951 e. The van der Waals surface area contributed by atoms with Crippen LogP contribution < -0.4 is 0 Å². The van der Waals surface area contributed by atoms with E-state index in [0.29, 0.717) is 0 Å². The minimum Gasteiger partial charge on any atom is -0.394 e. The van der Waals surface area contributed by atoms with Crippen molar-refractivity contribution in [2.24, 2.45) is 0 Å². The van der Waals surface area contributed by atoms with Crippen LogP contribution in [0.25, 0.3) is 0 Å². The molecule has 1 atom stereocenters. The summed E-state index contributed by atoms with van der Waals surface area (Å²) >= 11 is 0. The van der Waals surface area contributed by atoms with Gasteiger partial charge in [0.15, 0.2) is 0 Å². The number of hydrogen-bond acceptors (Lipinski definition) is 2. The van der Waals surface area contributed by atoms with Crippen LogP contribution in [0.4, 0.5) is 0 Å². The molecule has 11 heavy (non-hydrogen) atoms. The first-order chi connectivity index (χ1) is 5.42. The number of aliphatic hydroxyl groups excluding tert-OH is 1. The van der Waals surface area contributed by atoms with Gasteiger partial charge < -0.3 is 9.67 Å². The van der Waals surface area contributed by atoms with Gasteiger partial charge in [-0.3, -0.25) is 0 Å². The van der Waals surface area contributed by atoms with E-state index in [2.05, 4.69) is 9.55 Å². The quantitative estimate of drug-likeness (QED) is 0.645. The van der Waals surface area contributed by atoms with E-state index in [1.807, 2.05) is 12.5 Å². The number of aryl methyl sites for hydroxylation is 1. The molecule has 60 valence electrons. The third-order valence-electron chi connectivity index (χ3n) is 2.32. The SMILES string of the molecule is OCC1CCCc2cncn21. The first kappa shape index (κ1) is 6.85. The summed E-state index contributed by atoms with van der Waals surface area (Å²) in [6.45, 7) is 0.239. The number of hydrogen-bond donors (Lipinski definition) is 1. The molecule has 2 rings (SSSR count). The molecule has 0 spiro atoms. The molecular weight excluding hydrogens is 140 g/mol. The molecular formula is C8H12N2O. The Balaban J connectivity index is 2.32. The van der Waals surface area contributed by atoms with E-state index in [1.165, 1.54) is 12.1 Å². The zero-order valence-electron chi connectivity index (χ0n) is 6.40. The molecule has 0 saturated heterocycles. The van der Waals surface area contributed by atoms with Gasteiger partial charge in [0.1, 0.15) is 0 Å². The van der Waals surface area contributed by atoms with Crippen molar-refractivity contribution in [3.05, 3.63) is 18.2 Å². The fourth-order valence-corrected chi connectivity index (χ4v) is 1.69. The van der Waals surface area contributed by atoms with Crippen molar-refractivity contribution in [3.8, 4) is 0 Å². The van der Waals surface area contributed by atoms with Gasteiger partial charge in [0.05, 0.1) is 19.0 Å². The maximum atomic E-state index is 9.01. The second kappa shape index (κ2) is 2.66. The van der Waals surface area contributed by atoms with Crippen molar-refractivity contribution >= 4 is 0 Å². The van der Waals surface area contributed by atoms with E-state index in [9.17, 15) is 0 Å². The molecule has 0 bridgehead atoms. The fraction of sp³-hybridized carbons (Fsp3) is 0.625. The van der Waals surface area contributed by atoms with Crippen LogP contribution in [-0.4, -0.2) is 21.3 Å². The number of imidazole rings is 1. The van der Waals surface area contributed by atoms with Crippen molar-refractivity contribution in [2.75, 3.05) is 6.61 Å². The number of fused-ring (bicyclic) bond motifs is 1. The van der Waals surface area contributed by atoms with Gasteiger partial charge >= 0.3 is 0 Å². The number of nitrogens with zero attached hydrogens (tertiary/aromatic N) is 2. The fourth-order valence-electron chi connectivity index (χ4n) is 1.69. The van der Waals surface area contributed by atoms with Gasteiger partial charge in [-0.2, -0.15) is 0 Å². The van der Waals surface area contributed by atoms with Crippen LogP contribution in [0.15, 0.2) is 12.5 Å².